The molecule has 0 aromatic heterocycles. The quantitative estimate of drug-likeness (QED) is 0.202. The van der Waals surface area contributed by atoms with E-state index in [1.807, 2.05) is 0 Å². The number of alkyl halides is 2. The molecule has 3 nitrogen and oxygen atoms in total. The van der Waals surface area contributed by atoms with Crippen LogP contribution < -0.4 is 4.74 Å². The van der Waals surface area contributed by atoms with E-state index in [0.29, 0.717) is 37.9 Å². The Morgan fingerprint density at radius 3 is 2.07 bits per heavy atom. The van der Waals surface area contributed by atoms with Crippen molar-refractivity contribution in [1.29, 1.82) is 0 Å². The molecule has 0 radical (unpaired) electrons. The summed E-state index contributed by atoms with van der Waals surface area (Å²) in [5.74, 6) is -2.34. The molecule has 0 N–H and O–H groups in total. The van der Waals surface area contributed by atoms with Gasteiger partial charge in [0.1, 0.15) is 11.6 Å². The van der Waals surface area contributed by atoms with Gasteiger partial charge in [-0.2, -0.15) is 8.78 Å². The molecule has 0 unspecified atom stereocenters. The Labute approximate surface area is 246 Å². The van der Waals surface area contributed by atoms with Crippen molar-refractivity contribution in [1.82, 2.24) is 0 Å². The van der Waals surface area contributed by atoms with Crippen LogP contribution in [0, 0.1) is 47.0 Å². The maximum absolute atomic E-state index is 15.1. The lowest BCUT2D eigenvalue weighted by atomic mass is 9.74. The van der Waals surface area contributed by atoms with Crippen molar-refractivity contribution >= 4 is 0 Å². The maximum atomic E-state index is 15.1. The van der Waals surface area contributed by atoms with Gasteiger partial charge in [-0.3, -0.25) is 0 Å². The second-order valence-electron chi connectivity index (χ2n) is 12.6. The fourth-order valence-corrected chi connectivity index (χ4v) is 7.13. The minimum absolute atomic E-state index is 0.0325. The summed E-state index contributed by atoms with van der Waals surface area (Å²) >= 11 is 0. The Bertz CT molecular complexity index is 1150. The zero-order valence-corrected chi connectivity index (χ0v) is 24.4. The Hall–Kier alpha value is -2.19. The highest BCUT2D eigenvalue weighted by atomic mass is 19.3. The van der Waals surface area contributed by atoms with E-state index in [9.17, 15) is 13.2 Å². The van der Waals surface area contributed by atoms with E-state index in [1.54, 1.807) is 0 Å². The van der Waals surface area contributed by atoms with Gasteiger partial charge in [0.25, 0.3) is 0 Å². The highest BCUT2D eigenvalue weighted by Gasteiger charge is 2.46. The van der Waals surface area contributed by atoms with Crippen LogP contribution in [0.3, 0.4) is 0 Å². The molecule has 2 aliphatic carbocycles. The first kappa shape index (κ1) is 31.2. The second kappa shape index (κ2) is 14.1. The van der Waals surface area contributed by atoms with E-state index in [0.717, 1.165) is 24.1 Å². The second-order valence-corrected chi connectivity index (χ2v) is 12.6. The van der Waals surface area contributed by atoms with Crippen molar-refractivity contribution < 1.29 is 36.2 Å². The molecule has 42 heavy (non-hydrogen) atoms. The number of hydrogen-bond donors (Lipinski definition) is 0. The molecule has 5 rings (SSSR count). The fraction of sp³-hybridized carbons (Fsp3) is 0.647. The SMILES string of the molecule is CCCCCC1CCC(C2COC(C3CCC(C(F)(F)Oc4ccc(-c5ccc(F)c(F)c5)c(F)c4)CC3)OC2)CC1. The molecular formula is C34H43F5O3. The van der Waals surface area contributed by atoms with Crippen LogP contribution in [0.4, 0.5) is 22.0 Å². The van der Waals surface area contributed by atoms with Crippen LogP contribution in [0.2, 0.25) is 0 Å². The average Bonchev–Trinajstić information content (AvgIpc) is 2.99. The number of benzene rings is 2. The third-order valence-electron chi connectivity index (χ3n) is 9.78. The van der Waals surface area contributed by atoms with E-state index >= 15 is 8.78 Å². The predicted octanol–water partition coefficient (Wildman–Crippen LogP) is 9.92. The van der Waals surface area contributed by atoms with Crippen molar-refractivity contribution in [2.45, 2.75) is 96.4 Å². The Kier molecular flexibility index (Phi) is 10.5. The van der Waals surface area contributed by atoms with Gasteiger partial charge in [-0.1, -0.05) is 51.5 Å². The summed E-state index contributed by atoms with van der Waals surface area (Å²) in [7, 11) is 0. The molecule has 0 amide bonds. The normalized spacial score (nSPS) is 28.9. The molecule has 8 heteroatoms. The van der Waals surface area contributed by atoms with Crippen molar-refractivity contribution in [3.8, 4) is 16.9 Å². The Morgan fingerprint density at radius 1 is 0.738 bits per heavy atom. The van der Waals surface area contributed by atoms with Crippen molar-refractivity contribution in [2.24, 2.45) is 29.6 Å². The summed E-state index contributed by atoms with van der Waals surface area (Å²) in [5, 5.41) is 0. The number of rotatable bonds is 10. The third kappa shape index (κ3) is 7.65. The van der Waals surface area contributed by atoms with E-state index < -0.39 is 29.5 Å². The molecule has 3 aliphatic rings. The van der Waals surface area contributed by atoms with Crippen LogP contribution in [0.15, 0.2) is 36.4 Å². The standard InChI is InChI=1S/C34H43F5O3/c1-2-3-4-5-22-6-8-23(9-7-22)26-20-40-33(41-21-26)24-10-13-27(14-11-24)34(38,39)42-28-15-16-29(31(36)19-28)25-12-17-30(35)32(37)18-25/h12,15-19,22-24,26-27,33H,2-11,13-14,20-21H2,1H3. The van der Waals surface area contributed by atoms with E-state index in [2.05, 4.69) is 6.92 Å². The van der Waals surface area contributed by atoms with E-state index in [1.165, 1.54) is 69.6 Å². The predicted molar refractivity (Wildman–Crippen MR) is 152 cm³/mol. The summed E-state index contributed by atoms with van der Waals surface area (Å²) in [6.45, 7) is 3.61. The smallest absolute Gasteiger partial charge is 0.400 e. The number of ether oxygens (including phenoxy) is 3. The van der Waals surface area contributed by atoms with Gasteiger partial charge in [0, 0.05) is 23.5 Å². The van der Waals surface area contributed by atoms with Gasteiger partial charge < -0.3 is 14.2 Å². The molecule has 2 aromatic carbocycles. The van der Waals surface area contributed by atoms with Crippen LogP contribution in [0.5, 0.6) is 5.75 Å². The lowest BCUT2D eigenvalue weighted by molar-refractivity contribution is -0.251. The molecule has 1 aliphatic heterocycles. The molecule has 3 fully saturated rings. The van der Waals surface area contributed by atoms with Gasteiger partial charge in [-0.05, 0) is 80.2 Å². The van der Waals surface area contributed by atoms with Gasteiger partial charge in [0.15, 0.2) is 17.9 Å². The number of hydrogen-bond acceptors (Lipinski definition) is 3. The molecular weight excluding hydrogens is 551 g/mol. The highest BCUT2D eigenvalue weighted by molar-refractivity contribution is 5.65. The zero-order chi connectivity index (χ0) is 29.7. The largest absolute Gasteiger partial charge is 0.432 e. The van der Waals surface area contributed by atoms with Crippen LogP contribution in [-0.2, 0) is 9.47 Å². The third-order valence-corrected chi connectivity index (χ3v) is 9.78. The van der Waals surface area contributed by atoms with Crippen molar-refractivity contribution in [3.63, 3.8) is 0 Å². The molecule has 0 atom stereocenters. The van der Waals surface area contributed by atoms with E-state index in [4.69, 9.17) is 14.2 Å². The van der Waals surface area contributed by atoms with E-state index in [-0.39, 0.29) is 41.9 Å². The molecule has 232 valence electrons. The summed E-state index contributed by atoms with van der Waals surface area (Å²) in [4.78, 5) is 0. The number of unbranched alkanes of at least 4 members (excludes halogenated alkanes) is 2. The maximum Gasteiger partial charge on any atom is 0.400 e. The lowest BCUT2D eigenvalue weighted by Crippen LogP contribution is -2.43. The van der Waals surface area contributed by atoms with Gasteiger partial charge in [0.2, 0.25) is 0 Å². The van der Waals surface area contributed by atoms with Gasteiger partial charge in [0.05, 0.1) is 19.1 Å². The first-order chi connectivity index (χ1) is 20.2. The van der Waals surface area contributed by atoms with Crippen molar-refractivity contribution in [2.75, 3.05) is 13.2 Å². The van der Waals surface area contributed by atoms with Crippen LogP contribution >= 0.6 is 0 Å². The zero-order valence-electron chi connectivity index (χ0n) is 24.4. The molecule has 2 aromatic rings. The summed E-state index contributed by atoms with van der Waals surface area (Å²) in [6, 6.07) is 6.29. The molecule has 2 saturated carbocycles. The molecule has 1 saturated heterocycles. The minimum atomic E-state index is -3.48. The van der Waals surface area contributed by atoms with Crippen molar-refractivity contribution in [3.05, 3.63) is 53.8 Å². The highest BCUT2D eigenvalue weighted by Crippen LogP contribution is 2.43. The minimum Gasteiger partial charge on any atom is -0.432 e. The molecule has 1 heterocycles. The van der Waals surface area contributed by atoms with Crippen LogP contribution in [-0.4, -0.2) is 25.6 Å². The number of halogens is 5. The first-order valence-corrected chi connectivity index (χ1v) is 15.8. The topological polar surface area (TPSA) is 27.7 Å². The van der Waals surface area contributed by atoms with Gasteiger partial charge in [-0.15, -0.1) is 0 Å². The molecule has 0 bridgehead atoms. The average molecular weight is 595 g/mol. The first-order valence-electron chi connectivity index (χ1n) is 15.8. The lowest BCUT2D eigenvalue weighted by Gasteiger charge is -2.41. The molecule has 0 spiro atoms. The summed E-state index contributed by atoms with van der Waals surface area (Å²) < 4.78 is 88.9. The van der Waals surface area contributed by atoms with Gasteiger partial charge >= 0.3 is 6.11 Å². The fourth-order valence-electron chi connectivity index (χ4n) is 7.13. The summed E-state index contributed by atoms with van der Waals surface area (Å²) in [5.41, 5.74) is 0.0709. The van der Waals surface area contributed by atoms with Crippen LogP contribution in [0.25, 0.3) is 11.1 Å². The summed E-state index contributed by atoms with van der Waals surface area (Å²) in [6.07, 6.45) is 8.18. The van der Waals surface area contributed by atoms with Crippen LogP contribution in [0.1, 0.15) is 84.0 Å². The monoisotopic (exact) mass is 594 g/mol. The Balaban J connectivity index is 1.06. The van der Waals surface area contributed by atoms with Gasteiger partial charge in [-0.25, -0.2) is 13.2 Å². The Morgan fingerprint density at radius 2 is 1.43 bits per heavy atom.